The van der Waals surface area contributed by atoms with Gasteiger partial charge in [0.15, 0.2) is 5.78 Å². The van der Waals surface area contributed by atoms with E-state index in [2.05, 4.69) is 0 Å². The largest absolute Gasteiger partial charge is 0.292 e. The normalized spacial score (nSPS) is 21.7. The second-order valence-corrected chi connectivity index (χ2v) is 5.07. The zero-order valence-electron chi connectivity index (χ0n) is 11.6. The standard InChI is InChI=1S/C14H14N2O5/c1-8-9(2)14(19)15(13(8)18)7-12(17)10-3-5-11(6-4-10)16(20)21/h3-6,8-9H,7H2,1-2H3. The summed E-state index contributed by atoms with van der Waals surface area (Å²) in [5.41, 5.74) is 0.107. The molecule has 1 saturated heterocycles. The molecule has 0 aromatic heterocycles. The van der Waals surface area contributed by atoms with Crippen LogP contribution < -0.4 is 0 Å². The van der Waals surface area contributed by atoms with Gasteiger partial charge in [0.1, 0.15) is 0 Å². The predicted molar refractivity (Wildman–Crippen MR) is 72.5 cm³/mol. The highest BCUT2D eigenvalue weighted by atomic mass is 16.6. The molecule has 2 rings (SSSR count). The number of hydrogen-bond donors (Lipinski definition) is 0. The van der Waals surface area contributed by atoms with Crippen LogP contribution in [0.25, 0.3) is 0 Å². The third kappa shape index (κ3) is 2.67. The Balaban J connectivity index is 2.13. The predicted octanol–water partition coefficient (Wildman–Crippen LogP) is 1.42. The van der Waals surface area contributed by atoms with Crippen LogP contribution in [0.4, 0.5) is 5.69 Å². The van der Waals surface area contributed by atoms with Crippen molar-refractivity contribution in [1.82, 2.24) is 4.90 Å². The average molecular weight is 290 g/mol. The molecule has 1 fully saturated rings. The van der Waals surface area contributed by atoms with Gasteiger partial charge in [-0.1, -0.05) is 13.8 Å². The van der Waals surface area contributed by atoms with Crippen molar-refractivity contribution in [3.63, 3.8) is 0 Å². The van der Waals surface area contributed by atoms with E-state index >= 15 is 0 Å². The van der Waals surface area contributed by atoms with E-state index in [0.29, 0.717) is 0 Å². The van der Waals surface area contributed by atoms with Crippen LogP contribution >= 0.6 is 0 Å². The van der Waals surface area contributed by atoms with Gasteiger partial charge in [0.25, 0.3) is 5.69 Å². The SMILES string of the molecule is CC1C(=O)N(CC(=O)c2ccc([N+](=O)[O-])cc2)C(=O)C1C. The van der Waals surface area contributed by atoms with Gasteiger partial charge in [-0.15, -0.1) is 0 Å². The Bertz CT molecular complexity index is 603. The lowest BCUT2D eigenvalue weighted by atomic mass is 10.00. The molecule has 0 bridgehead atoms. The Morgan fingerprint density at radius 2 is 1.62 bits per heavy atom. The number of carbonyl (C=O) groups is 3. The van der Waals surface area contributed by atoms with Crippen molar-refractivity contribution in [3.8, 4) is 0 Å². The third-order valence-electron chi connectivity index (χ3n) is 3.76. The van der Waals surface area contributed by atoms with Crippen molar-refractivity contribution < 1.29 is 19.3 Å². The summed E-state index contributed by atoms with van der Waals surface area (Å²) < 4.78 is 0. The minimum absolute atomic E-state index is 0.123. The number of likely N-dealkylation sites (tertiary alicyclic amines) is 1. The third-order valence-corrected chi connectivity index (χ3v) is 3.76. The van der Waals surface area contributed by atoms with Crippen molar-refractivity contribution >= 4 is 23.3 Å². The molecule has 21 heavy (non-hydrogen) atoms. The lowest BCUT2D eigenvalue weighted by Crippen LogP contribution is -2.35. The fourth-order valence-corrected chi connectivity index (χ4v) is 2.19. The maximum Gasteiger partial charge on any atom is 0.269 e. The molecule has 0 aliphatic carbocycles. The van der Waals surface area contributed by atoms with Crippen LogP contribution in [0.15, 0.2) is 24.3 Å². The molecule has 2 atom stereocenters. The fourth-order valence-electron chi connectivity index (χ4n) is 2.19. The molecule has 7 nitrogen and oxygen atoms in total. The number of carbonyl (C=O) groups excluding carboxylic acids is 3. The Morgan fingerprint density at radius 1 is 1.14 bits per heavy atom. The lowest BCUT2D eigenvalue weighted by Gasteiger charge is -2.13. The van der Waals surface area contributed by atoms with Crippen LogP contribution in [0.3, 0.4) is 0 Å². The molecule has 2 amide bonds. The second kappa shape index (κ2) is 5.43. The number of ketones is 1. The van der Waals surface area contributed by atoms with E-state index in [9.17, 15) is 24.5 Å². The summed E-state index contributed by atoms with van der Waals surface area (Å²) in [5.74, 6) is -2.00. The molecule has 0 N–H and O–H groups in total. The summed E-state index contributed by atoms with van der Waals surface area (Å²) in [4.78, 5) is 46.8. The maximum absolute atomic E-state index is 12.1. The number of Topliss-reactive ketones (excluding diaryl/α,β-unsaturated/α-hetero) is 1. The zero-order chi connectivity index (χ0) is 15.7. The minimum atomic E-state index is -0.564. The molecule has 1 heterocycles. The van der Waals surface area contributed by atoms with E-state index in [0.717, 1.165) is 4.90 Å². The molecule has 1 aliphatic heterocycles. The highest BCUT2D eigenvalue weighted by Gasteiger charge is 2.42. The summed E-state index contributed by atoms with van der Waals surface area (Å²) in [7, 11) is 0. The molecule has 0 saturated carbocycles. The van der Waals surface area contributed by atoms with Gasteiger partial charge in [-0.05, 0) is 12.1 Å². The number of non-ortho nitro benzene ring substituents is 1. The first-order chi connectivity index (χ1) is 9.82. The summed E-state index contributed by atoms with van der Waals surface area (Å²) in [6.45, 7) is 2.98. The second-order valence-electron chi connectivity index (χ2n) is 5.07. The van der Waals surface area contributed by atoms with Gasteiger partial charge in [-0.25, -0.2) is 0 Å². The quantitative estimate of drug-likeness (QED) is 0.361. The average Bonchev–Trinajstić information content (AvgIpc) is 2.65. The number of nitro groups is 1. The number of nitrogens with zero attached hydrogens (tertiary/aromatic N) is 2. The monoisotopic (exact) mass is 290 g/mol. The number of nitro benzene ring substituents is 1. The number of imide groups is 1. The molecule has 0 radical (unpaired) electrons. The highest BCUT2D eigenvalue weighted by Crippen LogP contribution is 2.25. The van der Waals surface area contributed by atoms with Crippen LogP contribution in [0, 0.1) is 22.0 Å². The molecule has 2 unspecified atom stereocenters. The maximum atomic E-state index is 12.1. The Hall–Kier alpha value is -2.57. The minimum Gasteiger partial charge on any atom is -0.292 e. The Morgan fingerprint density at radius 3 is 2.05 bits per heavy atom. The van der Waals surface area contributed by atoms with Crippen molar-refractivity contribution in [2.24, 2.45) is 11.8 Å². The van der Waals surface area contributed by atoms with Crippen molar-refractivity contribution in [3.05, 3.63) is 39.9 Å². The lowest BCUT2D eigenvalue weighted by molar-refractivity contribution is -0.384. The molecule has 1 aromatic carbocycles. The first kappa shape index (κ1) is 14.8. The van der Waals surface area contributed by atoms with Gasteiger partial charge >= 0.3 is 0 Å². The summed E-state index contributed by atoms with van der Waals surface area (Å²) >= 11 is 0. The molecular formula is C14H14N2O5. The van der Waals surface area contributed by atoms with E-state index in [1.54, 1.807) is 13.8 Å². The molecule has 110 valence electrons. The molecule has 0 spiro atoms. The molecule has 7 heteroatoms. The fraction of sp³-hybridized carbons (Fsp3) is 0.357. The van der Waals surface area contributed by atoms with Gasteiger partial charge in [-0.2, -0.15) is 0 Å². The molecular weight excluding hydrogens is 276 g/mol. The van der Waals surface area contributed by atoms with Crippen LogP contribution in [0.5, 0.6) is 0 Å². The van der Waals surface area contributed by atoms with Gasteiger partial charge in [0.2, 0.25) is 11.8 Å². The summed E-state index contributed by atoms with van der Waals surface area (Å²) in [6, 6.07) is 5.06. The molecule has 1 aliphatic rings. The number of benzene rings is 1. The van der Waals surface area contributed by atoms with E-state index in [1.807, 2.05) is 0 Å². The van der Waals surface area contributed by atoms with Crippen LogP contribution in [-0.4, -0.2) is 34.0 Å². The van der Waals surface area contributed by atoms with E-state index in [4.69, 9.17) is 0 Å². The first-order valence-corrected chi connectivity index (χ1v) is 6.45. The van der Waals surface area contributed by atoms with E-state index in [1.165, 1.54) is 24.3 Å². The molecule has 1 aromatic rings. The van der Waals surface area contributed by atoms with Crippen molar-refractivity contribution in [1.29, 1.82) is 0 Å². The van der Waals surface area contributed by atoms with Crippen molar-refractivity contribution in [2.45, 2.75) is 13.8 Å². The van der Waals surface area contributed by atoms with Gasteiger partial charge in [0, 0.05) is 29.5 Å². The Labute approximate surface area is 120 Å². The number of amides is 2. The van der Waals surface area contributed by atoms with Gasteiger partial charge in [-0.3, -0.25) is 29.4 Å². The first-order valence-electron chi connectivity index (χ1n) is 6.45. The highest BCUT2D eigenvalue weighted by molar-refractivity contribution is 6.09. The van der Waals surface area contributed by atoms with E-state index < -0.39 is 22.5 Å². The van der Waals surface area contributed by atoms with Crippen LogP contribution in [-0.2, 0) is 9.59 Å². The number of hydrogen-bond acceptors (Lipinski definition) is 5. The van der Waals surface area contributed by atoms with E-state index in [-0.39, 0.29) is 29.6 Å². The smallest absolute Gasteiger partial charge is 0.269 e. The summed E-state index contributed by atoms with van der Waals surface area (Å²) in [5, 5.41) is 10.5. The summed E-state index contributed by atoms with van der Waals surface area (Å²) in [6.07, 6.45) is 0. The zero-order valence-corrected chi connectivity index (χ0v) is 11.6. The van der Waals surface area contributed by atoms with Crippen molar-refractivity contribution in [2.75, 3.05) is 6.54 Å². The van der Waals surface area contributed by atoms with Crippen LogP contribution in [0.1, 0.15) is 24.2 Å². The topological polar surface area (TPSA) is 97.6 Å². The van der Waals surface area contributed by atoms with Crippen LogP contribution in [0.2, 0.25) is 0 Å². The Kier molecular flexibility index (Phi) is 3.84. The van der Waals surface area contributed by atoms with Gasteiger partial charge in [0.05, 0.1) is 11.5 Å². The number of rotatable bonds is 4. The van der Waals surface area contributed by atoms with Gasteiger partial charge < -0.3 is 0 Å².